The van der Waals surface area contributed by atoms with Crippen molar-refractivity contribution in [1.29, 1.82) is 0 Å². The van der Waals surface area contributed by atoms with Crippen LogP contribution in [0.1, 0.15) is 80.1 Å². The Morgan fingerprint density at radius 2 is 1.45 bits per heavy atom. The molecule has 2 atom stereocenters. The van der Waals surface area contributed by atoms with E-state index in [0.29, 0.717) is 18.4 Å². The molecule has 3 nitrogen and oxygen atoms in total. The van der Waals surface area contributed by atoms with Crippen LogP contribution in [0.5, 0.6) is 0 Å². The second-order valence-electron chi connectivity index (χ2n) is 9.08. The third-order valence-electron chi connectivity index (χ3n) is 5.71. The van der Waals surface area contributed by atoms with Gasteiger partial charge in [-0.25, -0.2) is 4.79 Å². The van der Waals surface area contributed by atoms with Crippen molar-refractivity contribution < 1.29 is 9.53 Å². The maximum atomic E-state index is 11.9. The third kappa shape index (κ3) is 13.6. The normalized spacial score (nSPS) is 14.0. The number of carbonyl (C=O) groups excluding carboxylic acids is 1. The molecule has 0 saturated carbocycles. The first kappa shape index (κ1) is 26.7. The summed E-state index contributed by atoms with van der Waals surface area (Å²) in [7, 11) is 0. The van der Waals surface area contributed by atoms with Crippen molar-refractivity contribution >= 4 is 11.8 Å². The number of para-hydroxylation sites is 1. The quantitative estimate of drug-likeness (QED) is 0.321. The molecule has 31 heavy (non-hydrogen) atoms. The van der Waals surface area contributed by atoms with Crippen LogP contribution in [0.2, 0.25) is 0 Å². The molecule has 0 spiro atoms. The molecule has 1 aromatic rings. The Morgan fingerprint density at radius 1 is 0.871 bits per heavy atom. The van der Waals surface area contributed by atoms with Crippen molar-refractivity contribution in [3.8, 4) is 0 Å². The monoisotopic (exact) mass is 425 g/mol. The topological polar surface area (TPSA) is 38.3 Å². The number of allylic oxidation sites excluding steroid dienone is 6. The summed E-state index contributed by atoms with van der Waals surface area (Å²) in [6.07, 6.45) is 13.4. The van der Waals surface area contributed by atoms with Gasteiger partial charge >= 0.3 is 6.09 Å². The van der Waals surface area contributed by atoms with Crippen LogP contribution in [0.4, 0.5) is 10.5 Å². The summed E-state index contributed by atoms with van der Waals surface area (Å²) in [4.78, 5) is 11.9. The summed E-state index contributed by atoms with van der Waals surface area (Å²) in [6.45, 7) is 13.6. The Labute approximate surface area is 190 Å². The molecule has 1 amide bonds. The molecule has 0 aliphatic heterocycles. The van der Waals surface area contributed by atoms with Crippen molar-refractivity contribution in [2.45, 2.75) is 80.1 Å². The molecular formula is C28H43NO2. The molecule has 172 valence electrons. The van der Waals surface area contributed by atoms with Gasteiger partial charge in [0.05, 0.1) is 6.61 Å². The van der Waals surface area contributed by atoms with E-state index in [4.69, 9.17) is 4.74 Å². The second-order valence-corrected chi connectivity index (χ2v) is 9.08. The lowest BCUT2D eigenvalue weighted by Crippen LogP contribution is -2.21. The van der Waals surface area contributed by atoms with Gasteiger partial charge in [-0.2, -0.15) is 0 Å². The van der Waals surface area contributed by atoms with E-state index in [-0.39, 0.29) is 6.09 Å². The number of hydrogen-bond acceptors (Lipinski definition) is 2. The molecule has 3 heteroatoms. The standard InChI is InChI=1S/C28H43NO2/c1-22(2)13-10-14-23(3)15-11-16-24(4)17-12-18-25(5)26(6)21-31-28(30)29-27-19-8-7-9-20-27/h7-9,13,15,17,19-20,25-26H,10-12,14,16,18,21H2,1-6H3,(H,29,30)/b23-15+,24-17+. The number of carbonyl (C=O) groups is 1. The minimum Gasteiger partial charge on any atom is -0.449 e. The summed E-state index contributed by atoms with van der Waals surface area (Å²) >= 11 is 0. The van der Waals surface area contributed by atoms with Gasteiger partial charge in [0.1, 0.15) is 0 Å². The molecule has 0 aromatic heterocycles. The first-order chi connectivity index (χ1) is 14.8. The Hall–Kier alpha value is -2.29. The Bertz CT molecular complexity index is 727. The predicted molar refractivity (Wildman–Crippen MR) is 134 cm³/mol. The van der Waals surface area contributed by atoms with Gasteiger partial charge in [0.15, 0.2) is 0 Å². The number of amides is 1. The third-order valence-corrected chi connectivity index (χ3v) is 5.71. The van der Waals surface area contributed by atoms with Gasteiger partial charge in [-0.05, 0) is 90.2 Å². The van der Waals surface area contributed by atoms with E-state index < -0.39 is 0 Å². The zero-order valence-electron chi connectivity index (χ0n) is 20.5. The van der Waals surface area contributed by atoms with Crippen molar-refractivity contribution in [3.63, 3.8) is 0 Å². The molecule has 1 aromatic carbocycles. The minimum atomic E-state index is -0.384. The first-order valence-corrected chi connectivity index (χ1v) is 11.7. The number of rotatable bonds is 13. The minimum absolute atomic E-state index is 0.335. The summed E-state index contributed by atoms with van der Waals surface area (Å²) in [6, 6.07) is 9.40. The van der Waals surface area contributed by atoms with Crippen LogP contribution in [0, 0.1) is 11.8 Å². The largest absolute Gasteiger partial charge is 0.449 e. The Kier molecular flexibility index (Phi) is 13.4. The summed E-state index contributed by atoms with van der Waals surface area (Å²) in [5.41, 5.74) is 5.11. The summed E-state index contributed by atoms with van der Waals surface area (Å²) in [5.74, 6) is 0.840. The van der Waals surface area contributed by atoms with E-state index in [9.17, 15) is 4.79 Å². The lowest BCUT2D eigenvalue weighted by Gasteiger charge is -2.19. The number of hydrogen-bond donors (Lipinski definition) is 1. The van der Waals surface area contributed by atoms with Gasteiger partial charge in [0.25, 0.3) is 0 Å². The van der Waals surface area contributed by atoms with E-state index in [1.807, 2.05) is 30.3 Å². The van der Waals surface area contributed by atoms with Crippen molar-refractivity contribution in [2.75, 3.05) is 11.9 Å². The predicted octanol–water partition coefficient (Wildman–Crippen LogP) is 8.71. The number of benzene rings is 1. The molecule has 1 N–H and O–H groups in total. The number of anilines is 1. The maximum absolute atomic E-state index is 11.9. The second kappa shape index (κ2) is 15.5. The van der Waals surface area contributed by atoms with Crippen molar-refractivity contribution in [2.24, 2.45) is 11.8 Å². The first-order valence-electron chi connectivity index (χ1n) is 11.7. The molecule has 0 radical (unpaired) electrons. The van der Waals surface area contributed by atoms with Gasteiger partial charge in [-0.15, -0.1) is 0 Å². The molecule has 0 saturated heterocycles. The Balaban J connectivity index is 2.23. The van der Waals surface area contributed by atoms with Crippen LogP contribution in [0.3, 0.4) is 0 Å². The number of ether oxygens (including phenoxy) is 1. The fourth-order valence-corrected chi connectivity index (χ4v) is 3.26. The SMILES string of the molecule is CC(C)=CCC/C(C)=C/CC/C(C)=C/CCC(C)C(C)COC(=O)Nc1ccccc1. The van der Waals surface area contributed by atoms with E-state index in [0.717, 1.165) is 44.2 Å². The number of nitrogens with one attached hydrogen (secondary N) is 1. The average Bonchev–Trinajstić information content (AvgIpc) is 2.72. The molecule has 0 aliphatic rings. The highest BCUT2D eigenvalue weighted by atomic mass is 16.5. The van der Waals surface area contributed by atoms with E-state index in [1.165, 1.54) is 16.7 Å². The lowest BCUT2D eigenvalue weighted by atomic mass is 9.91. The van der Waals surface area contributed by atoms with Crippen LogP contribution in [-0.2, 0) is 4.74 Å². The van der Waals surface area contributed by atoms with E-state index in [2.05, 4.69) is 65.1 Å². The van der Waals surface area contributed by atoms with Crippen LogP contribution >= 0.6 is 0 Å². The maximum Gasteiger partial charge on any atom is 0.411 e. The zero-order chi connectivity index (χ0) is 23.1. The highest BCUT2D eigenvalue weighted by Crippen LogP contribution is 2.19. The van der Waals surface area contributed by atoms with Crippen LogP contribution in [0.15, 0.2) is 65.3 Å². The highest BCUT2D eigenvalue weighted by molar-refractivity contribution is 5.84. The molecule has 0 heterocycles. The molecule has 0 aliphatic carbocycles. The van der Waals surface area contributed by atoms with Gasteiger partial charge in [-0.1, -0.05) is 67.0 Å². The molecular weight excluding hydrogens is 382 g/mol. The molecule has 0 bridgehead atoms. The van der Waals surface area contributed by atoms with Crippen LogP contribution in [-0.4, -0.2) is 12.7 Å². The molecule has 0 fully saturated rings. The van der Waals surface area contributed by atoms with Gasteiger partial charge in [-0.3, -0.25) is 5.32 Å². The van der Waals surface area contributed by atoms with E-state index >= 15 is 0 Å². The van der Waals surface area contributed by atoms with Crippen LogP contribution in [0.25, 0.3) is 0 Å². The van der Waals surface area contributed by atoms with Gasteiger partial charge < -0.3 is 4.74 Å². The van der Waals surface area contributed by atoms with Crippen LogP contribution < -0.4 is 5.32 Å². The summed E-state index contributed by atoms with van der Waals surface area (Å²) in [5, 5.41) is 2.76. The van der Waals surface area contributed by atoms with Crippen molar-refractivity contribution in [1.82, 2.24) is 0 Å². The fraction of sp³-hybridized carbons (Fsp3) is 0.536. The fourth-order valence-electron chi connectivity index (χ4n) is 3.26. The smallest absolute Gasteiger partial charge is 0.411 e. The zero-order valence-corrected chi connectivity index (χ0v) is 20.5. The van der Waals surface area contributed by atoms with Crippen molar-refractivity contribution in [3.05, 3.63) is 65.3 Å². The molecule has 2 unspecified atom stereocenters. The van der Waals surface area contributed by atoms with Gasteiger partial charge in [0.2, 0.25) is 0 Å². The molecule has 1 rings (SSSR count). The highest BCUT2D eigenvalue weighted by Gasteiger charge is 2.14. The lowest BCUT2D eigenvalue weighted by molar-refractivity contribution is 0.128. The Morgan fingerprint density at radius 3 is 2.06 bits per heavy atom. The van der Waals surface area contributed by atoms with Gasteiger partial charge in [0, 0.05) is 5.69 Å². The summed E-state index contributed by atoms with van der Waals surface area (Å²) < 4.78 is 5.40. The van der Waals surface area contributed by atoms with E-state index in [1.54, 1.807) is 0 Å². The average molecular weight is 426 g/mol.